The van der Waals surface area contributed by atoms with Crippen LogP contribution < -0.4 is 0 Å². The van der Waals surface area contributed by atoms with E-state index in [-0.39, 0.29) is 12.3 Å². The zero-order valence-corrected chi connectivity index (χ0v) is 10.4. The summed E-state index contributed by atoms with van der Waals surface area (Å²) >= 11 is 0. The summed E-state index contributed by atoms with van der Waals surface area (Å²) in [6, 6.07) is 0. The second kappa shape index (κ2) is 6.75. The summed E-state index contributed by atoms with van der Waals surface area (Å²) in [5.41, 5.74) is 0.408. The summed E-state index contributed by atoms with van der Waals surface area (Å²) in [5, 5.41) is 0. The van der Waals surface area contributed by atoms with Gasteiger partial charge in [-0.3, -0.25) is 0 Å². The number of carbonyl (C=O) groups is 1. The third-order valence-corrected chi connectivity index (χ3v) is 3.04. The van der Waals surface area contributed by atoms with Crippen molar-refractivity contribution >= 4 is 15.0 Å². The SMILES string of the molecule is C=C(C)C(=O)OC[SiH](C)OC(C)OC. The molecule has 5 heteroatoms. The molecule has 0 saturated heterocycles. The second-order valence-electron chi connectivity index (χ2n) is 3.13. The molecule has 0 bridgehead atoms. The molecule has 2 unspecified atom stereocenters. The molecule has 0 amide bonds. The van der Waals surface area contributed by atoms with E-state index in [0.717, 1.165) is 0 Å². The van der Waals surface area contributed by atoms with Gasteiger partial charge in [-0.1, -0.05) is 6.58 Å². The molecule has 0 spiro atoms. The summed E-state index contributed by atoms with van der Waals surface area (Å²) in [5.74, 6) is -0.363. The van der Waals surface area contributed by atoms with E-state index in [4.69, 9.17) is 13.9 Å². The lowest BCUT2D eigenvalue weighted by Crippen LogP contribution is -2.28. The molecule has 14 heavy (non-hydrogen) atoms. The fourth-order valence-corrected chi connectivity index (χ4v) is 1.97. The van der Waals surface area contributed by atoms with Gasteiger partial charge in [-0.15, -0.1) is 0 Å². The van der Waals surface area contributed by atoms with Crippen molar-refractivity contribution in [3.63, 3.8) is 0 Å². The van der Waals surface area contributed by atoms with Crippen molar-refractivity contribution in [3.8, 4) is 0 Å². The zero-order valence-electron chi connectivity index (χ0n) is 9.20. The van der Waals surface area contributed by atoms with Crippen molar-refractivity contribution in [2.75, 3.05) is 13.3 Å². The van der Waals surface area contributed by atoms with E-state index >= 15 is 0 Å². The molecule has 0 aliphatic rings. The molecule has 4 nitrogen and oxygen atoms in total. The molecule has 0 aromatic rings. The summed E-state index contributed by atoms with van der Waals surface area (Å²) in [6.07, 6.45) is 0.111. The van der Waals surface area contributed by atoms with Gasteiger partial charge in [0.25, 0.3) is 0 Å². The van der Waals surface area contributed by atoms with Crippen molar-refractivity contribution < 1.29 is 18.7 Å². The first kappa shape index (κ1) is 13.3. The summed E-state index contributed by atoms with van der Waals surface area (Å²) in [7, 11) is 0.0909. The topological polar surface area (TPSA) is 44.8 Å². The minimum Gasteiger partial charge on any atom is -0.463 e. The lowest BCUT2D eigenvalue weighted by molar-refractivity contribution is -0.137. The molecule has 0 radical (unpaired) electrons. The van der Waals surface area contributed by atoms with Crippen LogP contribution in [0.5, 0.6) is 0 Å². The molecule has 2 atom stereocenters. The molecule has 0 aromatic heterocycles. The van der Waals surface area contributed by atoms with E-state index in [2.05, 4.69) is 6.58 Å². The van der Waals surface area contributed by atoms with Gasteiger partial charge in [0.05, 0.1) is 0 Å². The van der Waals surface area contributed by atoms with Crippen molar-refractivity contribution in [2.45, 2.75) is 26.7 Å². The predicted molar refractivity (Wildman–Crippen MR) is 56.3 cm³/mol. The lowest BCUT2D eigenvalue weighted by Gasteiger charge is -2.16. The van der Waals surface area contributed by atoms with E-state index in [1.807, 2.05) is 13.5 Å². The summed E-state index contributed by atoms with van der Waals surface area (Å²) in [4.78, 5) is 11.0. The van der Waals surface area contributed by atoms with Crippen molar-refractivity contribution in [3.05, 3.63) is 12.2 Å². The Balaban J connectivity index is 3.68. The van der Waals surface area contributed by atoms with Crippen molar-refractivity contribution in [2.24, 2.45) is 0 Å². The molecule has 0 saturated carbocycles. The first-order valence-electron chi connectivity index (χ1n) is 4.48. The Labute approximate surface area is 86.6 Å². The van der Waals surface area contributed by atoms with Gasteiger partial charge in [-0.2, -0.15) is 0 Å². The third-order valence-electron chi connectivity index (χ3n) is 1.55. The highest BCUT2D eigenvalue weighted by atomic mass is 28.3. The Morgan fingerprint density at radius 2 is 2.14 bits per heavy atom. The first-order valence-corrected chi connectivity index (χ1v) is 6.92. The fraction of sp³-hybridized carbons (Fsp3) is 0.667. The summed E-state index contributed by atoms with van der Waals surface area (Å²) < 4.78 is 15.3. The molecular weight excluding hydrogens is 200 g/mol. The first-order chi connectivity index (χ1) is 6.47. The average Bonchev–Trinajstić information content (AvgIpc) is 2.13. The maximum atomic E-state index is 11.0. The minimum absolute atomic E-state index is 0.236. The largest absolute Gasteiger partial charge is 0.463 e. The molecule has 0 rings (SSSR count). The highest BCUT2D eigenvalue weighted by Gasteiger charge is 2.12. The number of hydrogen-bond acceptors (Lipinski definition) is 4. The number of carbonyl (C=O) groups excluding carboxylic acids is 1. The van der Waals surface area contributed by atoms with Crippen LogP contribution in [0.25, 0.3) is 0 Å². The van der Waals surface area contributed by atoms with E-state index in [9.17, 15) is 4.79 Å². The van der Waals surface area contributed by atoms with Crippen LogP contribution >= 0.6 is 0 Å². The van der Waals surface area contributed by atoms with Crippen LogP contribution in [0.4, 0.5) is 0 Å². The fourth-order valence-electron chi connectivity index (χ4n) is 0.738. The van der Waals surface area contributed by atoms with Crippen molar-refractivity contribution in [1.29, 1.82) is 0 Å². The van der Waals surface area contributed by atoms with Crippen LogP contribution in [-0.4, -0.2) is 34.6 Å². The highest BCUT2D eigenvalue weighted by Crippen LogP contribution is 1.98. The highest BCUT2D eigenvalue weighted by molar-refractivity contribution is 6.50. The lowest BCUT2D eigenvalue weighted by atomic mass is 10.4. The van der Waals surface area contributed by atoms with Crippen molar-refractivity contribution in [1.82, 2.24) is 0 Å². The maximum Gasteiger partial charge on any atom is 0.332 e. The number of esters is 1. The van der Waals surface area contributed by atoms with E-state index in [1.165, 1.54) is 0 Å². The normalized spacial score (nSPS) is 14.6. The predicted octanol–water partition coefficient (Wildman–Crippen LogP) is 1.01. The number of rotatable bonds is 6. The van der Waals surface area contributed by atoms with Crippen LogP contribution in [0.15, 0.2) is 12.2 Å². The van der Waals surface area contributed by atoms with Crippen LogP contribution in [0.3, 0.4) is 0 Å². The maximum absolute atomic E-state index is 11.0. The number of hydrogen-bond donors (Lipinski definition) is 0. The molecule has 0 aromatic carbocycles. The van der Waals surface area contributed by atoms with Gasteiger partial charge in [0, 0.05) is 12.7 Å². The minimum atomic E-state index is -1.48. The zero-order chi connectivity index (χ0) is 11.1. The molecule has 82 valence electrons. The van der Waals surface area contributed by atoms with Gasteiger partial charge in [0.2, 0.25) is 9.04 Å². The Hall–Kier alpha value is -0.653. The van der Waals surface area contributed by atoms with Gasteiger partial charge in [-0.25, -0.2) is 4.79 Å². The van der Waals surface area contributed by atoms with Gasteiger partial charge < -0.3 is 13.9 Å². The Kier molecular flexibility index (Phi) is 6.43. The van der Waals surface area contributed by atoms with E-state index in [1.54, 1.807) is 14.0 Å². The molecule has 0 N–H and O–H groups in total. The molecular formula is C9H18O4Si. The number of methoxy groups -OCH3 is 1. The van der Waals surface area contributed by atoms with Crippen LogP contribution in [0.2, 0.25) is 6.55 Å². The van der Waals surface area contributed by atoms with Gasteiger partial charge in [0.15, 0.2) is 0 Å². The monoisotopic (exact) mass is 218 g/mol. The van der Waals surface area contributed by atoms with E-state index in [0.29, 0.717) is 11.8 Å². The molecule has 0 aliphatic carbocycles. The van der Waals surface area contributed by atoms with E-state index < -0.39 is 9.04 Å². The van der Waals surface area contributed by atoms with Gasteiger partial charge in [-0.05, 0) is 20.4 Å². The Morgan fingerprint density at radius 1 is 1.57 bits per heavy atom. The Bertz CT molecular complexity index is 205. The standard InChI is InChI=1S/C9H18O4Si/c1-7(2)9(10)12-6-14(5)13-8(3)11-4/h8,14H,1,6H2,2-5H3. The van der Waals surface area contributed by atoms with Crippen LogP contribution in [0.1, 0.15) is 13.8 Å². The van der Waals surface area contributed by atoms with Crippen LogP contribution in [0, 0.1) is 0 Å². The smallest absolute Gasteiger partial charge is 0.332 e. The quantitative estimate of drug-likeness (QED) is 0.289. The molecule has 0 aliphatic heterocycles. The average molecular weight is 218 g/mol. The Morgan fingerprint density at radius 3 is 2.57 bits per heavy atom. The molecule has 0 heterocycles. The van der Waals surface area contributed by atoms with Gasteiger partial charge >= 0.3 is 5.97 Å². The third kappa shape index (κ3) is 5.90. The molecule has 0 fully saturated rings. The summed E-state index contributed by atoms with van der Waals surface area (Å²) in [6.45, 7) is 8.86. The van der Waals surface area contributed by atoms with Gasteiger partial charge in [0.1, 0.15) is 12.5 Å². The second-order valence-corrected chi connectivity index (χ2v) is 5.36. The van der Waals surface area contributed by atoms with Crippen LogP contribution in [-0.2, 0) is 18.7 Å². The number of ether oxygens (including phenoxy) is 2.